The molecule has 2 aromatic rings. The number of hydrogen-bond acceptors (Lipinski definition) is 6. The number of sulfonamides is 1. The molecule has 11 heteroatoms. The van der Waals surface area contributed by atoms with Crippen LogP contribution in [0.15, 0.2) is 41.4 Å². The number of pyridine rings is 1. The quantitative estimate of drug-likeness (QED) is 0.667. The monoisotopic (exact) mass is 420 g/mol. The molecular formula is C17H19F3N2O5S. The summed E-state index contributed by atoms with van der Waals surface area (Å²) >= 11 is 0. The Labute approximate surface area is 160 Å². The fourth-order valence-corrected chi connectivity index (χ4v) is 3.15. The van der Waals surface area contributed by atoms with Crippen molar-refractivity contribution in [3.63, 3.8) is 0 Å². The first kappa shape index (κ1) is 21.6. The standard InChI is InChI=1S/C17H19F3N2O5S/c1-3-25-14-7-6-13(9-15(14)26-4-2)28(23,24)22-12-5-8-16(21-10-12)27-11-17(18,19)20/h5-10,22H,3-4,11H2,1-2H3. The van der Waals surface area contributed by atoms with Crippen molar-refractivity contribution in [1.29, 1.82) is 0 Å². The summed E-state index contributed by atoms with van der Waals surface area (Å²) in [4.78, 5) is 3.58. The van der Waals surface area contributed by atoms with Gasteiger partial charge in [0.05, 0.1) is 30.0 Å². The lowest BCUT2D eigenvalue weighted by atomic mass is 10.3. The molecule has 2 rings (SSSR count). The highest BCUT2D eigenvalue weighted by atomic mass is 32.2. The van der Waals surface area contributed by atoms with E-state index in [0.29, 0.717) is 19.0 Å². The normalized spacial score (nSPS) is 11.8. The highest BCUT2D eigenvalue weighted by molar-refractivity contribution is 7.92. The molecule has 1 aromatic heterocycles. The lowest BCUT2D eigenvalue weighted by Gasteiger charge is -2.13. The maximum absolute atomic E-state index is 12.6. The zero-order valence-electron chi connectivity index (χ0n) is 15.1. The smallest absolute Gasteiger partial charge is 0.422 e. The molecule has 0 bridgehead atoms. The summed E-state index contributed by atoms with van der Waals surface area (Å²) in [6.45, 7) is 2.76. The van der Waals surface area contributed by atoms with Gasteiger partial charge in [0.1, 0.15) is 0 Å². The Morgan fingerprint density at radius 2 is 1.68 bits per heavy atom. The second-order valence-corrected chi connectivity index (χ2v) is 7.05. The van der Waals surface area contributed by atoms with Crippen LogP contribution in [0.4, 0.5) is 18.9 Å². The number of nitrogens with one attached hydrogen (secondary N) is 1. The fraction of sp³-hybridized carbons (Fsp3) is 0.353. The number of benzene rings is 1. The summed E-state index contributed by atoms with van der Waals surface area (Å²) < 4.78 is 79.1. The highest BCUT2D eigenvalue weighted by Crippen LogP contribution is 2.31. The van der Waals surface area contributed by atoms with Gasteiger partial charge in [0, 0.05) is 12.1 Å². The zero-order valence-corrected chi connectivity index (χ0v) is 15.9. The summed E-state index contributed by atoms with van der Waals surface area (Å²) in [5.74, 6) is 0.414. The molecule has 0 fully saturated rings. The van der Waals surface area contributed by atoms with Crippen molar-refractivity contribution in [2.24, 2.45) is 0 Å². The van der Waals surface area contributed by atoms with Crippen LogP contribution in [0.1, 0.15) is 13.8 Å². The Kier molecular flexibility index (Phi) is 6.95. The second-order valence-electron chi connectivity index (χ2n) is 5.37. The van der Waals surface area contributed by atoms with Crippen molar-refractivity contribution < 1.29 is 35.8 Å². The third-order valence-electron chi connectivity index (χ3n) is 3.20. The van der Waals surface area contributed by atoms with Gasteiger partial charge in [-0.25, -0.2) is 13.4 Å². The lowest BCUT2D eigenvalue weighted by Crippen LogP contribution is -2.19. The Balaban J connectivity index is 2.15. The number of ether oxygens (including phenoxy) is 3. The molecule has 0 saturated heterocycles. The van der Waals surface area contributed by atoms with Crippen molar-refractivity contribution in [3.8, 4) is 17.4 Å². The van der Waals surface area contributed by atoms with E-state index >= 15 is 0 Å². The van der Waals surface area contributed by atoms with E-state index in [9.17, 15) is 21.6 Å². The molecule has 0 spiro atoms. The minimum atomic E-state index is -4.49. The van der Waals surface area contributed by atoms with Gasteiger partial charge in [-0.1, -0.05) is 0 Å². The van der Waals surface area contributed by atoms with Crippen LogP contribution in [-0.4, -0.2) is 39.4 Å². The van der Waals surface area contributed by atoms with Crippen LogP contribution in [0.2, 0.25) is 0 Å². The summed E-state index contributed by atoms with van der Waals surface area (Å²) in [6.07, 6.45) is -3.44. The number of anilines is 1. The average molecular weight is 420 g/mol. The minimum Gasteiger partial charge on any atom is -0.490 e. The van der Waals surface area contributed by atoms with Crippen LogP contribution < -0.4 is 18.9 Å². The van der Waals surface area contributed by atoms with Crippen LogP contribution in [0.25, 0.3) is 0 Å². The Morgan fingerprint density at radius 3 is 2.25 bits per heavy atom. The van der Waals surface area contributed by atoms with Crippen LogP contribution in [0.3, 0.4) is 0 Å². The summed E-state index contributed by atoms with van der Waals surface area (Å²) in [5.41, 5.74) is 0.0613. The van der Waals surface area contributed by atoms with Crippen molar-refractivity contribution in [3.05, 3.63) is 36.5 Å². The molecule has 0 unspecified atom stereocenters. The van der Waals surface area contributed by atoms with Gasteiger partial charge >= 0.3 is 6.18 Å². The van der Waals surface area contributed by atoms with Gasteiger partial charge < -0.3 is 14.2 Å². The van der Waals surface area contributed by atoms with E-state index in [1.54, 1.807) is 13.8 Å². The SMILES string of the molecule is CCOc1ccc(S(=O)(=O)Nc2ccc(OCC(F)(F)F)nc2)cc1OCC. The average Bonchev–Trinajstić information content (AvgIpc) is 2.62. The Bertz CT molecular complexity index is 887. The first-order valence-electron chi connectivity index (χ1n) is 8.22. The molecule has 7 nitrogen and oxygen atoms in total. The van der Waals surface area contributed by atoms with E-state index < -0.39 is 22.8 Å². The lowest BCUT2D eigenvalue weighted by molar-refractivity contribution is -0.154. The van der Waals surface area contributed by atoms with Crippen LogP contribution in [0, 0.1) is 0 Å². The molecule has 28 heavy (non-hydrogen) atoms. The summed E-state index contributed by atoms with van der Waals surface area (Å²) in [7, 11) is -3.98. The Hall–Kier alpha value is -2.69. The largest absolute Gasteiger partial charge is 0.490 e. The van der Waals surface area contributed by atoms with Gasteiger partial charge in [-0.15, -0.1) is 0 Å². The third-order valence-corrected chi connectivity index (χ3v) is 4.58. The number of nitrogens with zero attached hydrogens (tertiary/aromatic N) is 1. The van der Waals surface area contributed by atoms with Crippen LogP contribution in [-0.2, 0) is 10.0 Å². The molecule has 0 aliphatic rings. The number of hydrogen-bond donors (Lipinski definition) is 1. The van der Waals surface area contributed by atoms with Gasteiger partial charge in [-0.2, -0.15) is 13.2 Å². The van der Waals surface area contributed by atoms with E-state index in [1.807, 2.05) is 0 Å². The first-order chi connectivity index (χ1) is 13.1. The van der Waals surface area contributed by atoms with E-state index in [4.69, 9.17) is 9.47 Å². The molecule has 0 aliphatic carbocycles. The van der Waals surface area contributed by atoms with Gasteiger partial charge in [0.25, 0.3) is 10.0 Å². The minimum absolute atomic E-state index is 0.0613. The molecule has 1 heterocycles. The molecule has 1 aromatic carbocycles. The van der Waals surface area contributed by atoms with E-state index in [1.165, 1.54) is 24.3 Å². The number of rotatable bonds is 9. The molecule has 0 saturated carbocycles. The summed E-state index contributed by atoms with van der Waals surface area (Å²) in [5, 5.41) is 0. The van der Waals surface area contributed by atoms with Crippen molar-refractivity contribution in [2.45, 2.75) is 24.9 Å². The Morgan fingerprint density at radius 1 is 1.00 bits per heavy atom. The first-order valence-corrected chi connectivity index (χ1v) is 9.71. The number of aromatic nitrogens is 1. The van der Waals surface area contributed by atoms with Crippen molar-refractivity contribution >= 4 is 15.7 Å². The molecule has 0 radical (unpaired) electrons. The highest BCUT2D eigenvalue weighted by Gasteiger charge is 2.28. The van der Waals surface area contributed by atoms with Crippen LogP contribution >= 0.6 is 0 Å². The predicted octanol–water partition coefficient (Wildman–Crippen LogP) is 3.62. The van der Waals surface area contributed by atoms with Gasteiger partial charge in [0.2, 0.25) is 5.88 Å². The van der Waals surface area contributed by atoms with E-state index in [-0.39, 0.29) is 22.2 Å². The maximum Gasteiger partial charge on any atom is 0.422 e. The maximum atomic E-state index is 12.6. The van der Waals surface area contributed by atoms with Gasteiger partial charge in [0.15, 0.2) is 18.1 Å². The van der Waals surface area contributed by atoms with Crippen molar-refractivity contribution in [2.75, 3.05) is 24.5 Å². The van der Waals surface area contributed by atoms with Gasteiger partial charge in [-0.3, -0.25) is 4.72 Å². The number of halogens is 3. The third kappa shape index (κ3) is 6.19. The fourth-order valence-electron chi connectivity index (χ4n) is 2.09. The molecular weight excluding hydrogens is 401 g/mol. The van der Waals surface area contributed by atoms with E-state index in [2.05, 4.69) is 14.4 Å². The van der Waals surface area contributed by atoms with Crippen LogP contribution in [0.5, 0.6) is 17.4 Å². The molecule has 0 amide bonds. The van der Waals surface area contributed by atoms with Crippen molar-refractivity contribution in [1.82, 2.24) is 4.98 Å². The molecule has 1 N–H and O–H groups in total. The molecule has 0 aliphatic heterocycles. The second kappa shape index (κ2) is 9.00. The topological polar surface area (TPSA) is 86.8 Å². The molecule has 154 valence electrons. The van der Waals surface area contributed by atoms with Gasteiger partial charge in [-0.05, 0) is 32.0 Å². The molecule has 0 atom stereocenters. The number of alkyl halides is 3. The predicted molar refractivity (Wildman–Crippen MR) is 95.4 cm³/mol. The van der Waals surface area contributed by atoms with E-state index in [0.717, 1.165) is 12.3 Å². The summed E-state index contributed by atoms with van der Waals surface area (Å²) in [6, 6.07) is 6.53. The zero-order chi connectivity index (χ0) is 20.8.